The molecule has 0 aliphatic carbocycles. The van der Waals surface area contributed by atoms with Gasteiger partial charge in [-0.2, -0.15) is 0 Å². The van der Waals surface area contributed by atoms with Gasteiger partial charge in [0.05, 0.1) is 19.3 Å². The lowest BCUT2D eigenvalue weighted by Crippen LogP contribution is -2.47. The summed E-state index contributed by atoms with van der Waals surface area (Å²) in [7, 11) is 1.72. The Kier molecular flexibility index (Phi) is 11.4. The zero-order chi connectivity index (χ0) is 19.7. The Morgan fingerprint density at radius 3 is 2.68 bits per heavy atom. The molecule has 1 saturated heterocycles. The summed E-state index contributed by atoms with van der Waals surface area (Å²) in [6, 6.07) is 8.40. The minimum Gasteiger partial charge on any atom is -0.380 e. The van der Waals surface area contributed by atoms with E-state index in [1.807, 2.05) is 0 Å². The highest BCUT2D eigenvalue weighted by molar-refractivity contribution is 14.0. The summed E-state index contributed by atoms with van der Waals surface area (Å²) in [6.07, 6.45) is 2.62. The number of rotatable bonds is 7. The standard InChI is InChI=1S/C22H37N3O2.HI/c1-6-23-21(24-14-17-9-7-10-18(13-17)16-26-5)25-15-19-11-8-12-27-20(19)22(2,3)4;/h7,9-10,13,19-20H,6,8,11-12,14-16H2,1-5H3,(H2,23,24,25);1H. The van der Waals surface area contributed by atoms with Crippen LogP contribution in [0.2, 0.25) is 0 Å². The molecule has 1 heterocycles. The Bertz CT molecular complexity index is 602. The van der Waals surface area contributed by atoms with Crippen LogP contribution in [0.5, 0.6) is 0 Å². The summed E-state index contributed by atoms with van der Waals surface area (Å²) < 4.78 is 11.3. The highest BCUT2D eigenvalue weighted by Gasteiger charge is 2.35. The largest absolute Gasteiger partial charge is 0.380 e. The third-order valence-electron chi connectivity index (χ3n) is 4.90. The molecule has 1 aromatic rings. The smallest absolute Gasteiger partial charge is 0.191 e. The van der Waals surface area contributed by atoms with Crippen LogP contribution in [0, 0.1) is 11.3 Å². The summed E-state index contributed by atoms with van der Waals surface area (Å²) in [5, 5.41) is 6.90. The van der Waals surface area contributed by atoms with E-state index in [1.165, 1.54) is 17.5 Å². The van der Waals surface area contributed by atoms with E-state index >= 15 is 0 Å². The second kappa shape index (κ2) is 12.6. The van der Waals surface area contributed by atoms with Crippen LogP contribution in [-0.2, 0) is 22.6 Å². The van der Waals surface area contributed by atoms with Crippen molar-refractivity contribution in [3.63, 3.8) is 0 Å². The average molecular weight is 503 g/mol. The fraction of sp³-hybridized carbons (Fsp3) is 0.682. The number of hydrogen-bond donors (Lipinski definition) is 2. The normalized spacial score (nSPS) is 20.4. The maximum Gasteiger partial charge on any atom is 0.191 e. The average Bonchev–Trinajstić information content (AvgIpc) is 2.64. The summed E-state index contributed by atoms with van der Waals surface area (Å²) in [5.41, 5.74) is 2.52. The van der Waals surface area contributed by atoms with Gasteiger partial charge in [-0.15, -0.1) is 24.0 Å². The number of benzene rings is 1. The Labute approximate surface area is 188 Å². The van der Waals surface area contributed by atoms with Crippen molar-refractivity contribution >= 4 is 29.9 Å². The lowest BCUT2D eigenvalue weighted by atomic mass is 9.78. The van der Waals surface area contributed by atoms with E-state index < -0.39 is 0 Å². The van der Waals surface area contributed by atoms with E-state index in [-0.39, 0.29) is 35.5 Å². The molecule has 1 aliphatic heterocycles. The lowest BCUT2D eigenvalue weighted by Gasteiger charge is -2.40. The van der Waals surface area contributed by atoms with Gasteiger partial charge in [-0.3, -0.25) is 0 Å². The van der Waals surface area contributed by atoms with Crippen LogP contribution in [0.4, 0.5) is 0 Å². The molecule has 0 aromatic heterocycles. The zero-order valence-corrected chi connectivity index (χ0v) is 20.4. The van der Waals surface area contributed by atoms with Crippen molar-refractivity contribution in [2.24, 2.45) is 16.3 Å². The van der Waals surface area contributed by atoms with Crippen LogP contribution < -0.4 is 10.6 Å². The molecule has 2 rings (SSSR count). The van der Waals surface area contributed by atoms with Gasteiger partial charge in [-0.1, -0.05) is 45.0 Å². The molecule has 0 bridgehead atoms. The van der Waals surface area contributed by atoms with Gasteiger partial charge >= 0.3 is 0 Å². The van der Waals surface area contributed by atoms with Crippen LogP contribution >= 0.6 is 24.0 Å². The molecular formula is C22H38IN3O2. The summed E-state index contributed by atoms with van der Waals surface area (Å²) in [6.45, 7) is 12.8. The highest BCUT2D eigenvalue weighted by atomic mass is 127. The number of guanidine groups is 1. The van der Waals surface area contributed by atoms with Crippen LogP contribution in [-0.4, -0.2) is 38.9 Å². The van der Waals surface area contributed by atoms with E-state index in [4.69, 9.17) is 14.5 Å². The predicted octanol–water partition coefficient (Wildman–Crippen LogP) is 4.35. The Morgan fingerprint density at radius 1 is 1.25 bits per heavy atom. The molecule has 6 heteroatoms. The Hall–Kier alpha value is -0.860. The van der Waals surface area contributed by atoms with E-state index in [1.54, 1.807) is 7.11 Å². The van der Waals surface area contributed by atoms with Gasteiger partial charge in [0, 0.05) is 32.7 Å². The lowest BCUT2D eigenvalue weighted by molar-refractivity contribution is -0.0835. The molecule has 1 fully saturated rings. The quantitative estimate of drug-likeness (QED) is 0.330. The third-order valence-corrected chi connectivity index (χ3v) is 4.90. The van der Waals surface area contributed by atoms with Crippen molar-refractivity contribution in [3.8, 4) is 0 Å². The summed E-state index contributed by atoms with van der Waals surface area (Å²) in [4.78, 5) is 4.77. The molecule has 0 amide bonds. The molecule has 2 N–H and O–H groups in total. The molecule has 1 aliphatic rings. The minimum absolute atomic E-state index is 0. The minimum atomic E-state index is 0. The molecule has 5 nitrogen and oxygen atoms in total. The number of hydrogen-bond acceptors (Lipinski definition) is 3. The molecule has 2 atom stereocenters. The van der Waals surface area contributed by atoms with Crippen molar-refractivity contribution < 1.29 is 9.47 Å². The van der Waals surface area contributed by atoms with Crippen molar-refractivity contribution in [1.29, 1.82) is 0 Å². The molecule has 28 heavy (non-hydrogen) atoms. The number of ether oxygens (including phenoxy) is 2. The monoisotopic (exact) mass is 503 g/mol. The summed E-state index contributed by atoms with van der Waals surface area (Å²) >= 11 is 0. The van der Waals surface area contributed by atoms with Gasteiger partial charge in [-0.25, -0.2) is 4.99 Å². The molecule has 0 spiro atoms. The van der Waals surface area contributed by atoms with Crippen LogP contribution in [0.3, 0.4) is 0 Å². The molecule has 160 valence electrons. The number of nitrogens with one attached hydrogen (secondary N) is 2. The number of nitrogens with zero attached hydrogens (tertiary/aromatic N) is 1. The number of halogens is 1. The maximum absolute atomic E-state index is 6.10. The van der Waals surface area contributed by atoms with Crippen LogP contribution in [0.25, 0.3) is 0 Å². The fourth-order valence-electron chi connectivity index (χ4n) is 3.73. The Balaban J connectivity index is 0.00000392. The number of methoxy groups -OCH3 is 1. The fourth-order valence-corrected chi connectivity index (χ4v) is 3.73. The van der Waals surface area contributed by atoms with Gasteiger partial charge in [0.15, 0.2) is 5.96 Å². The van der Waals surface area contributed by atoms with Crippen molar-refractivity contribution in [1.82, 2.24) is 10.6 Å². The molecule has 2 unspecified atom stereocenters. The SMILES string of the molecule is CCNC(=NCc1cccc(COC)c1)NCC1CCCOC1C(C)(C)C.I. The predicted molar refractivity (Wildman–Crippen MR) is 127 cm³/mol. The molecule has 0 radical (unpaired) electrons. The molecular weight excluding hydrogens is 465 g/mol. The van der Waals surface area contributed by atoms with Gasteiger partial charge < -0.3 is 20.1 Å². The Morgan fingerprint density at radius 2 is 2.00 bits per heavy atom. The molecule has 0 saturated carbocycles. The third kappa shape index (κ3) is 8.25. The van der Waals surface area contributed by atoms with Crippen LogP contribution in [0.15, 0.2) is 29.3 Å². The van der Waals surface area contributed by atoms with Gasteiger partial charge in [0.2, 0.25) is 0 Å². The second-order valence-corrected chi connectivity index (χ2v) is 8.39. The van der Waals surface area contributed by atoms with E-state index in [2.05, 4.69) is 62.6 Å². The maximum atomic E-state index is 6.10. The van der Waals surface area contributed by atoms with Gasteiger partial charge in [0.1, 0.15) is 0 Å². The first-order chi connectivity index (χ1) is 12.9. The van der Waals surface area contributed by atoms with Crippen LogP contribution in [0.1, 0.15) is 51.7 Å². The zero-order valence-electron chi connectivity index (χ0n) is 18.1. The number of aliphatic imine (C=N–C) groups is 1. The summed E-state index contributed by atoms with van der Waals surface area (Å²) in [5.74, 6) is 1.38. The van der Waals surface area contributed by atoms with Crippen molar-refractivity contribution in [2.75, 3.05) is 26.8 Å². The van der Waals surface area contributed by atoms with E-state index in [0.717, 1.165) is 32.1 Å². The topological polar surface area (TPSA) is 54.9 Å². The van der Waals surface area contributed by atoms with Crippen molar-refractivity contribution in [3.05, 3.63) is 35.4 Å². The first kappa shape index (κ1) is 25.2. The van der Waals surface area contributed by atoms with E-state index in [0.29, 0.717) is 19.1 Å². The van der Waals surface area contributed by atoms with Gasteiger partial charge in [0.25, 0.3) is 0 Å². The van der Waals surface area contributed by atoms with Crippen molar-refractivity contribution in [2.45, 2.75) is 59.8 Å². The van der Waals surface area contributed by atoms with E-state index in [9.17, 15) is 0 Å². The molecule has 1 aromatic carbocycles. The first-order valence-electron chi connectivity index (χ1n) is 10.1. The first-order valence-corrected chi connectivity index (χ1v) is 10.1. The van der Waals surface area contributed by atoms with Gasteiger partial charge in [-0.05, 0) is 36.3 Å². The highest BCUT2D eigenvalue weighted by Crippen LogP contribution is 2.33. The second-order valence-electron chi connectivity index (χ2n) is 8.39.